The summed E-state index contributed by atoms with van der Waals surface area (Å²) in [6.07, 6.45) is 3.43. The second-order valence-corrected chi connectivity index (χ2v) is 4.62. The molecule has 3 rings (SSSR count). The van der Waals surface area contributed by atoms with E-state index in [9.17, 15) is 0 Å². The van der Waals surface area contributed by atoms with E-state index in [1.807, 2.05) is 24.3 Å². The summed E-state index contributed by atoms with van der Waals surface area (Å²) in [5, 5.41) is 0. The summed E-state index contributed by atoms with van der Waals surface area (Å²) >= 11 is 1.65. The molecule has 3 aromatic rings. The largest absolute Gasteiger partial charge is 0.497 e. The second-order valence-electron chi connectivity index (χ2n) is 3.59. The molecule has 0 unspecified atom stereocenters. The Kier molecular flexibility index (Phi) is 2.49. The number of ether oxygens (including phenoxy) is 1. The van der Waals surface area contributed by atoms with Crippen molar-refractivity contribution in [1.29, 1.82) is 0 Å². The van der Waals surface area contributed by atoms with Crippen LogP contribution in [-0.4, -0.2) is 17.1 Å². The fraction of sp³-hybridized carbons (Fsp3) is 0.0769. The summed E-state index contributed by atoms with van der Waals surface area (Å²) in [4.78, 5) is 10.7. The number of aromatic nitrogens is 2. The number of nitrogens with zero attached hydrogens (tertiary/aromatic N) is 2. The molecule has 0 saturated carbocycles. The molecule has 84 valence electrons. The van der Waals surface area contributed by atoms with E-state index in [0.717, 1.165) is 21.7 Å². The van der Waals surface area contributed by atoms with Crippen LogP contribution in [0.5, 0.6) is 5.75 Å². The van der Waals surface area contributed by atoms with Crippen molar-refractivity contribution in [1.82, 2.24) is 9.97 Å². The van der Waals surface area contributed by atoms with E-state index < -0.39 is 0 Å². The van der Waals surface area contributed by atoms with Crippen LogP contribution in [0.2, 0.25) is 0 Å². The van der Waals surface area contributed by atoms with Gasteiger partial charge in [0.25, 0.3) is 0 Å². The molecule has 0 bridgehead atoms. The molecule has 0 atom stereocenters. The molecule has 0 amide bonds. The highest BCUT2D eigenvalue weighted by Crippen LogP contribution is 2.31. The SMILES string of the molecule is COc1ccc(-c2cc3nccnc3s2)cc1. The lowest BCUT2D eigenvalue weighted by molar-refractivity contribution is 0.415. The number of hydrogen-bond acceptors (Lipinski definition) is 4. The average molecular weight is 242 g/mol. The predicted molar refractivity (Wildman–Crippen MR) is 69.4 cm³/mol. The first-order valence-electron chi connectivity index (χ1n) is 5.22. The third-order valence-electron chi connectivity index (χ3n) is 2.54. The van der Waals surface area contributed by atoms with Crippen LogP contribution in [0.1, 0.15) is 0 Å². The molecule has 0 N–H and O–H groups in total. The van der Waals surface area contributed by atoms with Crippen molar-refractivity contribution in [3.8, 4) is 16.2 Å². The van der Waals surface area contributed by atoms with Crippen molar-refractivity contribution in [3.05, 3.63) is 42.7 Å². The number of thiophene rings is 1. The lowest BCUT2D eigenvalue weighted by Crippen LogP contribution is -1.81. The van der Waals surface area contributed by atoms with Gasteiger partial charge in [-0.25, -0.2) is 4.98 Å². The highest BCUT2D eigenvalue weighted by atomic mass is 32.1. The summed E-state index contributed by atoms with van der Waals surface area (Å²) in [6.45, 7) is 0. The van der Waals surface area contributed by atoms with Crippen molar-refractivity contribution in [2.24, 2.45) is 0 Å². The molecular weight excluding hydrogens is 232 g/mol. The summed E-state index contributed by atoms with van der Waals surface area (Å²) in [5.41, 5.74) is 2.11. The average Bonchev–Trinajstić information content (AvgIpc) is 2.82. The van der Waals surface area contributed by atoms with Gasteiger partial charge in [0.2, 0.25) is 0 Å². The lowest BCUT2D eigenvalue weighted by atomic mass is 10.2. The van der Waals surface area contributed by atoms with E-state index in [1.165, 1.54) is 4.88 Å². The number of benzene rings is 1. The van der Waals surface area contributed by atoms with Gasteiger partial charge in [-0.05, 0) is 35.9 Å². The minimum absolute atomic E-state index is 0.867. The maximum Gasteiger partial charge on any atom is 0.142 e. The van der Waals surface area contributed by atoms with E-state index in [2.05, 4.69) is 16.0 Å². The number of rotatable bonds is 2. The Bertz CT molecular complexity index is 613. The van der Waals surface area contributed by atoms with Gasteiger partial charge in [0.05, 0.1) is 7.11 Å². The number of methoxy groups -OCH3 is 1. The van der Waals surface area contributed by atoms with Crippen LogP contribution in [0.4, 0.5) is 0 Å². The molecule has 0 spiro atoms. The number of fused-ring (bicyclic) bond motifs is 1. The summed E-state index contributed by atoms with van der Waals surface area (Å²) in [6, 6.07) is 10.1. The van der Waals surface area contributed by atoms with E-state index in [-0.39, 0.29) is 0 Å². The van der Waals surface area contributed by atoms with E-state index in [1.54, 1.807) is 30.8 Å². The maximum atomic E-state index is 5.14. The van der Waals surface area contributed by atoms with E-state index >= 15 is 0 Å². The van der Waals surface area contributed by atoms with Crippen molar-refractivity contribution in [3.63, 3.8) is 0 Å². The van der Waals surface area contributed by atoms with Gasteiger partial charge in [-0.1, -0.05) is 0 Å². The molecular formula is C13H10N2OS. The summed E-state index contributed by atoms with van der Waals surface area (Å²) < 4.78 is 5.14. The quantitative estimate of drug-likeness (QED) is 0.691. The van der Waals surface area contributed by atoms with Crippen LogP contribution in [-0.2, 0) is 0 Å². The zero-order valence-electron chi connectivity index (χ0n) is 9.25. The first-order chi connectivity index (χ1) is 8.36. The van der Waals surface area contributed by atoms with Crippen LogP contribution < -0.4 is 4.74 Å². The Morgan fingerprint density at radius 1 is 1.06 bits per heavy atom. The highest BCUT2D eigenvalue weighted by molar-refractivity contribution is 7.21. The molecule has 4 heteroatoms. The van der Waals surface area contributed by atoms with Crippen LogP contribution >= 0.6 is 11.3 Å². The minimum atomic E-state index is 0.867. The highest BCUT2D eigenvalue weighted by Gasteiger charge is 2.05. The van der Waals surface area contributed by atoms with Gasteiger partial charge in [-0.3, -0.25) is 4.98 Å². The van der Waals surface area contributed by atoms with Gasteiger partial charge in [-0.2, -0.15) is 0 Å². The fourth-order valence-corrected chi connectivity index (χ4v) is 2.63. The maximum absolute atomic E-state index is 5.14. The summed E-state index contributed by atoms with van der Waals surface area (Å²) in [5.74, 6) is 0.867. The van der Waals surface area contributed by atoms with Gasteiger partial charge in [0.15, 0.2) is 0 Å². The van der Waals surface area contributed by atoms with Crippen LogP contribution in [0, 0.1) is 0 Å². The van der Waals surface area contributed by atoms with Gasteiger partial charge in [-0.15, -0.1) is 11.3 Å². The Balaban J connectivity index is 2.07. The Hall–Kier alpha value is -1.94. The molecule has 0 aliphatic heterocycles. The van der Waals surface area contributed by atoms with Crippen molar-refractivity contribution >= 4 is 21.7 Å². The lowest BCUT2D eigenvalue weighted by Gasteiger charge is -2.00. The third kappa shape index (κ3) is 1.87. The Morgan fingerprint density at radius 3 is 2.53 bits per heavy atom. The normalized spacial score (nSPS) is 10.6. The standard InChI is InChI=1S/C13H10N2OS/c1-16-10-4-2-9(3-5-10)12-8-11-13(17-12)15-7-6-14-11/h2-8H,1H3. The zero-order valence-corrected chi connectivity index (χ0v) is 10.1. The molecule has 0 radical (unpaired) electrons. The van der Waals surface area contributed by atoms with Gasteiger partial charge >= 0.3 is 0 Å². The van der Waals surface area contributed by atoms with Crippen molar-refractivity contribution in [2.45, 2.75) is 0 Å². The molecule has 0 aliphatic carbocycles. The van der Waals surface area contributed by atoms with Crippen LogP contribution in [0.3, 0.4) is 0 Å². The number of hydrogen-bond donors (Lipinski definition) is 0. The van der Waals surface area contributed by atoms with Crippen molar-refractivity contribution in [2.75, 3.05) is 7.11 Å². The first-order valence-corrected chi connectivity index (χ1v) is 6.03. The summed E-state index contributed by atoms with van der Waals surface area (Å²) in [7, 11) is 1.67. The molecule has 2 aromatic heterocycles. The molecule has 0 aliphatic rings. The molecule has 1 aromatic carbocycles. The van der Waals surface area contributed by atoms with Crippen LogP contribution in [0.25, 0.3) is 20.8 Å². The molecule has 0 saturated heterocycles. The predicted octanol–water partition coefficient (Wildman–Crippen LogP) is 3.37. The zero-order chi connectivity index (χ0) is 11.7. The molecule has 0 fully saturated rings. The van der Waals surface area contributed by atoms with E-state index in [4.69, 9.17) is 4.74 Å². The Morgan fingerprint density at radius 2 is 1.82 bits per heavy atom. The van der Waals surface area contributed by atoms with E-state index in [0.29, 0.717) is 0 Å². The fourth-order valence-electron chi connectivity index (χ4n) is 1.67. The van der Waals surface area contributed by atoms with Gasteiger partial charge < -0.3 is 4.74 Å². The smallest absolute Gasteiger partial charge is 0.142 e. The first kappa shape index (κ1) is 10.2. The third-order valence-corrected chi connectivity index (χ3v) is 3.62. The molecule has 3 nitrogen and oxygen atoms in total. The topological polar surface area (TPSA) is 35.0 Å². The molecule has 17 heavy (non-hydrogen) atoms. The van der Waals surface area contributed by atoms with Crippen molar-refractivity contribution < 1.29 is 4.74 Å². The van der Waals surface area contributed by atoms with Gasteiger partial charge in [0, 0.05) is 17.3 Å². The second kappa shape index (κ2) is 4.14. The molecule has 2 heterocycles. The minimum Gasteiger partial charge on any atom is -0.497 e. The monoisotopic (exact) mass is 242 g/mol. The van der Waals surface area contributed by atoms with Crippen LogP contribution in [0.15, 0.2) is 42.7 Å². The van der Waals surface area contributed by atoms with Gasteiger partial charge in [0.1, 0.15) is 16.1 Å². The Labute approximate surface area is 103 Å².